The van der Waals surface area contributed by atoms with E-state index in [0.717, 1.165) is 23.7 Å². The third kappa shape index (κ3) is 5.01. The number of carbonyl (C=O) groups excluding carboxylic acids is 2. The Morgan fingerprint density at radius 3 is 2.83 bits per heavy atom. The second kappa shape index (κ2) is 8.58. The lowest BCUT2D eigenvalue weighted by atomic mass is 10.1. The maximum atomic E-state index is 12.2. The molecule has 1 aliphatic heterocycles. The van der Waals surface area contributed by atoms with Crippen LogP contribution in [0.3, 0.4) is 0 Å². The number of rotatable bonds is 7. The number of aromatic nitrogens is 1. The fraction of sp³-hybridized carbons (Fsp3) is 0.706. The first kappa shape index (κ1) is 18.9. The first-order chi connectivity index (χ1) is 11.4. The van der Waals surface area contributed by atoms with E-state index >= 15 is 0 Å². The van der Waals surface area contributed by atoms with Crippen molar-refractivity contribution in [3.05, 3.63) is 16.1 Å². The smallest absolute Gasteiger partial charge is 0.237 e. The highest BCUT2D eigenvalue weighted by molar-refractivity contribution is 7.09. The van der Waals surface area contributed by atoms with Gasteiger partial charge in [-0.1, -0.05) is 13.8 Å². The second-order valence-electron chi connectivity index (χ2n) is 6.77. The van der Waals surface area contributed by atoms with Crippen LogP contribution in [-0.4, -0.2) is 53.4 Å². The van der Waals surface area contributed by atoms with Gasteiger partial charge in [0.05, 0.1) is 23.2 Å². The fourth-order valence-electron chi connectivity index (χ4n) is 2.84. The summed E-state index contributed by atoms with van der Waals surface area (Å²) in [5.74, 6) is 0.304. The number of hydrogen-bond acceptors (Lipinski definition) is 5. The van der Waals surface area contributed by atoms with E-state index in [1.807, 2.05) is 0 Å². The molecule has 6 nitrogen and oxygen atoms in total. The minimum atomic E-state index is -0.370. The lowest BCUT2D eigenvalue weighted by molar-refractivity contribution is -0.134. The Labute approximate surface area is 148 Å². The summed E-state index contributed by atoms with van der Waals surface area (Å²) >= 11 is 1.67. The van der Waals surface area contributed by atoms with Gasteiger partial charge in [0, 0.05) is 43.4 Å². The van der Waals surface area contributed by atoms with Gasteiger partial charge in [-0.05, 0) is 13.8 Å². The van der Waals surface area contributed by atoms with Gasteiger partial charge >= 0.3 is 0 Å². The van der Waals surface area contributed by atoms with E-state index in [0.29, 0.717) is 19.0 Å². The molecule has 1 aromatic heterocycles. The third-order valence-corrected chi connectivity index (χ3v) is 5.38. The lowest BCUT2D eigenvalue weighted by Crippen LogP contribution is -2.58. The van der Waals surface area contributed by atoms with Crippen molar-refractivity contribution in [3.63, 3.8) is 0 Å². The van der Waals surface area contributed by atoms with Crippen LogP contribution in [0.4, 0.5) is 0 Å². The van der Waals surface area contributed by atoms with Gasteiger partial charge < -0.3 is 10.6 Å². The Balaban J connectivity index is 1.80. The third-order valence-electron chi connectivity index (χ3n) is 4.18. The Kier molecular flexibility index (Phi) is 6.74. The van der Waals surface area contributed by atoms with Gasteiger partial charge in [-0.25, -0.2) is 4.98 Å². The standard InChI is InChI=1S/C17H28N4O2S/c1-11(2)17-20-13(10-24-17)5-6-18-15(22)9-14-16(23)19-7-8-21(14)12(3)4/h10-12,14H,5-9H2,1-4H3,(H,18,22)(H,19,23)/t14-/m0/s1. The molecule has 1 fully saturated rings. The average Bonchev–Trinajstić information content (AvgIpc) is 2.98. The summed E-state index contributed by atoms with van der Waals surface area (Å²) < 4.78 is 0. The first-order valence-electron chi connectivity index (χ1n) is 8.63. The average molecular weight is 353 g/mol. The zero-order valence-electron chi connectivity index (χ0n) is 15.0. The molecule has 0 radical (unpaired) electrons. The van der Waals surface area contributed by atoms with Crippen LogP contribution in [0, 0.1) is 0 Å². The van der Waals surface area contributed by atoms with Gasteiger partial charge in [0.25, 0.3) is 0 Å². The summed E-state index contributed by atoms with van der Waals surface area (Å²) in [5, 5.41) is 8.94. The summed E-state index contributed by atoms with van der Waals surface area (Å²) in [6, 6.07) is -0.121. The molecule has 1 aliphatic rings. The lowest BCUT2D eigenvalue weighted by Gasteiger charge is -2.37. The monoisotopic (exact) mass is 352 g/mol. The van der Waals surface area contributed by atoms with E-state index in [2.05, 4.69) is 53.6 Å². The molecule has 0 spiro atoms. The highest BCUT2D eigenvalue weighted by Crippen LogP contribution is 2.19. The topological polar surface area (TPSA) is 74.3 Å². The number of nitrogens with one attached hydrogen (secondary N) is 2. The molecule has 2 amide bonds. The minimum absolute atomic E-state index is 0.0498. The molecule has 0 aliphatic carbocycles. The Morgan fingerprint density at radius 1 is 1.46 bits per heavy atom. The van der Waals surface area contributed by atoms with Gasteiger partial charge in [0.15, 0.2) is 0 Å². The van der Waals surface area contributed by atoms with E-state index in [1.54, 1.807) is 11.3 Å². The molecular formula is C17H28N4O2S. The molecule has 2 rings (SSSR count). The number of amides is 2. The molecule has 1 atom stereocenters. The van der Waals surface area contributed by atoms with Crippen LogP contribution in [0.5, 0.6) is 0 Å². The van der Waals surface area contributed by atoms with Crippen molar-refractivity contribution < 1.29 is 9.59 Å². The minimum Gasteiger partial charge on any atom is -0.356 e. The van der Waals surface area contributed by atoms with Crippen molar-refractivity contribution in [1.29, 1.82) is 0 Å². The molecule has 1 aromatic rings. The van der Waals surface area contributed by atoms with Crippen molar-refractivity contribution in [2.75, 3.05) is 19.6 Å². The number of thiazole rings is 1. The zero-order valence-corrected chi connectivity index (χ0v) is 15.8. The van der Waals surface area contributed by atoms with Crippen LogP contribution in [0.25, 0.3) is 0 Å². The van der Waals surface area contributed by atoms with Crippen LogP contribution >= 0.6 is 11.3 Å². The molecule has 7 heteroatoms. The van der Waals surface area contributed by atoms with Crippen LogP contribution in [0.15, 0.2) is 5.38 Å². The van der Waals surface area contributed by atoms with E-state index in [4.69, 9.17) is 0 Å². The summed E-state index contributed by atoms with van der Waals surface area (Å²) in [5.41, 5.74) is 1.02. The number of carbonyl (C=O) groups is 2. The molecule has 0 saturated carbocycles. The summed E-state index contributed by atoms with van der Waals surface area (Å²) in [7, 11) is 0. The molecule has 0 unspecified atom stereocenters. The summed E-state index contributed by atoms with van der Waals surface area (Å²) in [4.78, 5) is 30.9. The molecule has 134 valence electrons. The van der Waals surface area contributed by atoms with Crippen molar-refractivity contribution in [2.24, 2.45) is 0 Å². The first-order valence-corrected chi connectivity index (χ1v) is 9.51. The molecule has 0 bridgehead atoms. The zero-order chi connectivity index (χ0) is 17.7. The fourth-order valence-corrected chi connectivity index (χ4v) is 3.71. The van der Waals surface area contributed by atoms with Gasteiger partial charge in [-0.3, -0.25) is 14.5 Å². The Hall–Kier alpha value is -1.47. The summed E-state index contributed by atoms with van der Waals surface area (Å²) in [6.45, 7) is 10.3. The molecule has 0 aromatic carbocycles. The molecule has 1 saturated heterocycles. The molecular weight excluding hydrogens is 324 g/mol. The van der Waals surface area contributed by atoms with Gasteiger partial charge in [0.2, 0.25) is 11.8 Å². The van der Waals surface area contributed by atoms with Gasteiger partial charge in [-0.15, -0.1) is 11.3 Å². The van der Waals surface area contributed by atoms with Crippen molar-refractivity contribution in [3.8, 4) is 0 Å². The van der Waals surface area contributed by atoms with E-state index < -0.39 is 0 Å². The number of hydrogen-bond donors (Lipinski definition) is 2. The molecule has 2 N–H and O–H groups in total. The quantitative estimate of drug-likeness (QED) is 0.780. The summed E-state index contributed by atoms with van der Waals surface area (Å²) in [6.07, 6.45) is 0.929. The van der Waals surface area contributed by atoms with E-state index in [-0.39, 0.29) is 30.3 Å². The number of nitrogens with zero attached hydrogens (tertiary/aromatic N) is 2. The normalized spacial score (nSPS) is 18.9. The Morgan fingerprint density at radius 2 is 2.21 bits per heavy atom. The van der Waals surface area contributed by atoms with E-state index in [9.17, 15) is 9.59 Å². The second-order valence-corrected chi connectivity index (χ2v) is 7.66. The predicted octanol–water partition coefficient (Wildman–Crippen LogP) is 1.52. The van der Waals surface area contributed by atoms with Crippen LogP contribution < -0.4 is 10.6 Å². The van der Waals surface area contributed by atoms with Crippen LogP contribution in [-0.2, 0) is 16.0 Å². The highest BCUT2D eigenvalue weighted by Gasteiger charge is 2.32. The highest BCUT2D eigenvalue weighted by atomic mass is 32.1. The van der Waals surface area contributed by atoms with Crippen molar-refractivity contribution >= 4 is 23.2 Å². The van der Waals surface area contributed by atoms with Crippen molar-refractivity contribution in [1.82, 2.24) is 20.5 Å². The van der Waals surface area contributed by atoms with Crippen LogP contribution in [0.1, 0.15) is 50.7 Å². The SMILES string of the molecule is CC(C)c1nc(CCNC(=O)C[C@H]2C(=O)NCCN2C(C)C)cs1. The Bertz CT molecular complexity index is 571. The maximum absolute atomic E-state index is 12.2. The maximum Gasteiger partial charge on any atom is 0.237 e. The van der Waals surface area contributed by atoms with Crippen LogP contribution in [0.2, 0.25) is 0 Å². The molecule has 24 heavy (non-hydrogen) atoms. The predicted molar refractivity (Wildman–Crippen MR) is 96.2 cm³/mol. The number of piperazine rings is 1. The van der Waals surface area contributed by atoms with Gasteiger partial charge in [-0.2, -0.15) is 0 Å². The van der Waals surface area contributed by atoms with Crippen molar-refractivity contribution in [2.45, 2.75) is 58.5 Å². The van der Waals surface area contributed by atoms with Gasteiger partial charge in [0.1, 0.15) is 0 Å². The molecule has 2 heterocycles. The largest absolute Gasteiger partial charge is 0.356 e. The van der Waals surface area contributed by atoms with E-state index in [1.165, 1.54) is 0 Å².